The van der Waals surface area contributed by atoms with E-state index in [4.69, 9.17) is 16.0 Å². The Morgan fingerprint density at radius 2 is 1.95 bits per heavy atom. The summed E-state index contributed by atoms with van der Waals surface area (Å²) in [6.45, 7) is 1.45. The molecule has 2 heterocycles. The number of para-hydroxylation sites is 1. The number of carbonyl (C=O) groups is 1. The molecule has 1 amide bonds. The van der Waals surface area contributed by atoms with E-state index < -0.39 is 0 Å². The van der Waals surface area contributed by atoms with E-state index in [-0.39, 0.29) is 5.91 Å². The van der Waals surface area contributed by atoms with Gasteiger partial charge in [-0.3, -0.25) is 4.79 Å². The van der Waals surface area contributed by atoms with Crippen LogP contribution in [0, 0.1) is 0 Å². The molecule has 1 aromatic heterocycles. The average molecular weight is 305 g/mol. The molecule has 0 saturated carbocycles. The molecular weight excluding hydrogens is 288 g/mol. The van der Waals surface area contributed by atoms with Gasteiger partial charge in [-0.2, -0.15) is 0 Å². The highest BCUT2D eigenvalue weighted by atomic mass is 35.5. The number of hydrogen-bond donors (Lipinski definition) is 1. The standard InChI is InChI=1S/C16H17ClN2O2/c17-13-4-1-2-5-14(13)18-12-7-9-19(10-8-12)16(20)15-6-3-11-21-15/h1-6,11-12,18H,7-10H2. The summed E-state index contributed by atoms with van der Waals surface area (Å²) < 4.78 is 5.16. The van der Waals surface area contributed by atoms with Crippen molar-refractivity contribution in [2.24, 2.45) is 0 Å². The van der Waals surface area contributed by atoms with Crippen LogP contribution in [0.15, 0.2) is 47.1 Å². The van der Waals surface area contributed by atoms with E-state index in [0.29, 0.717) is 11.8 Å². The van der Waals surface area contributed by atoms with Gasteiger partial charge in [-0.25, -0.2) is 0 Å². The number of nitrogens with zero attached hydrogens (tertiary/aromatic N) is 1. The van der Waals surface area contributed by atoms with Gasteiger partial charge in [-0.05, 0) is 37.1 Å². The number of halogens is 1. The van der Waals surface area contributed by atoms with Crippen molar-refractivity contribution in [2.45, 2.75) is 18.9 Å². The van der Waals surface area contributed by atoms with Gasteiger partial charge in [0.1, 0.15) is 0 Å². The minimum atomic E-state index is -0.0313. The summed E-state index contributed by atoms with van der Waals surface area (Å²) in [6, 6.07) is 11.5. The molecule has 0 bridgehead atoms. The van der Waals surface area contributed by atoms with Crippen LogP contribution in [0.5, 0.6) is 0 Å². The smallest absolute Gasteiger partial charge is 0.289 e. The lowest BCUT2D eigenvalue weighted by atomic mass is 10.0. The van der Waals surface area contributed by atoms with Crippen LogP contribution in [0.4, 0.5) is 5.69 Å². The molecule has 1 aliphatic heterocycles. The maximum Gasteiger partial charge on any atom is 0.289 e. The third-order valence-electron chi connectivity index (χ3n) is 3.75. The summed E-state index contributed by atoms with van der Waals surface area (Å²) in [6.07, 6.45) is 3.33. The van der Waals surface area contributed by atoms with Crippen molar-refractivity contribution in [3.8, 4) is 0 Å². The molecule has 0 aliphatic carbocycles. The highest BCUT2D eigenvalue weighted by Crippen LogP contribution is 2.24. The number of amides is 1. The summed E-state index contributed by atoms with van der Waals surface area (Å²) >= 11 is 6.15. The van der Waals surface area contributed by atoms with Gasteiger partial charge in [0.2, 0.25) is 0 Å². The molecule has 21 heavy (non-hydrogen) atoms. The molecule has 0 atom stereocenters. The molecule has 1 aliphatic rings. The fourth-order valence-corrected chi connectivity index (χ4v) is 2.77. The number of nitrogens with one attached hydrogen (secondary N) is 1. The molecular formula is C16H17ClN2O2. The van der Waals surface area contributed by atoms with Crippen LogP contribution < -0.4 is 5.32 Å². The van der Waals surface area contributed by atoms with Crippen molar-refractivity contribution in [1.82, 2.24) is 4.90 Å². The third kappa shape index (κ3) is 3.22. The number of rotatable bonds is 3. The molecule has 0 spiro atoms. The zero-order valence-corrected chi connectivity index (χ0v) is 12.3. The quantitative estimate of drug-likeness (QED) is 0.941. The predicted molar refractivity (Wildman–Crippen MR) is 82.7 cm³/mol. The molecule has 1 N–H and O–H groups in total. The van der Waals surface area contributed by atoms with Crippen LogP contribution >= 0.6 is 11.6 Å². The zero-order valence-electron chi connectivity index (χ0n) is 11.6. The van der Waals surface area contributed by atoms with Crippen LogP contribution in [0.25, 0.3) is 0 Å². The van der Waals surface area contributed by atoms with Gasteiger partial charge in [0.25, 0.3) is 5.91 Å². The van der Waals surface area contributed by atoms with E-state index in [9.17, 15) is 4.79 Å². The largest absolute Gasteiger partial charge is 0.459 e. The maximum absolute atomic E-state index is 12.2. The maximum atomic E-state index is 12.2. The fourth-order valence-electron chi connectivity index (χ4n) is 2.58. The fraction of sp³-hybridized carbons (Fsp3) is 0.312. The Morgan fingerprint density at radius 1 is 1.19 bits per heavy atom. The molecule has 4 nitrogen and oxygen atoms in total. The summed E-state index contributed by atoms with van der Waals surface area (Å²) in [5.41, 5.74) is 0.954. The lowest BCUT2D eigenvalue weighted by molar-refractivity contribution is 0.0686. The molecule has 5 heteroatoms. The molecule has 1 fully saturated rings. The number of anilines is 1. The normalized spacial score (nSPS) is 16.0. The average Bonchev–Trinajstić information content (AvgIpc) is 3.04. The first kappa shape index (κ1) is 14.0. The van der Waals surface area contributed by atoms with Crippen molar-refractivity contribution in [1.29, 1.82) is 0 Å². The van der Waals surface area contributed by atoms with Crippen molar-refractivity contribution < 1.29 is 9.21 Å². The summed E-state index contributed by atoms with van der Waals surface area (Å²) in [5.74, 6) is 0.378. The first-order valence-electron chi connectivity index (χ1n) is 7.08. The van der Waals surface area contributed by atoms with Gasteiger partial charge in [0.15, 0.2) is 5.76 Å². The minimum absolute atomic E-state index is 0.0313. The van der Waals surface area contributed by atoms with E-state index in [1.54, 1.807) is 12.1 Å². The second-order valence-electron chi connectivity index (χ2n) is 5.17. The van der Waals surface area contributed by atoms with Gasteiger partial charge < -0.3 is 14.6 Å². The highest BCUT2D eigenvalue weighted by Gasteiger charge is 2.25. The van der Waals surface area contributed by atoms with Crippen LogP contribution in [-0.4, -0.2) is 29.9 Å². The highest BCUT2D eigenvalue weighted by molar-refractivity contribution is 6.33. The molecule has 2 aromatic rings. The Labute approximate surface area is 128 Å². The Hall–Kier alpha value is -1.94. The van der Waals surface area contributed by atoms with Crippen LogP contribution in [0.3, 0.4) is 0 Å². The lowest BCUT2D eigenvalue weighted by Gasteiger charge is -2.32. The van der Waals surface area contributed by atoms with Crippen LogP contribution in [-0.2, 0) is 0 Å². The third-order valence-corrected chi connectivity index (χ3v) is 4.08. The van der Waals surface area contributed by atoms with Gasteiger partial charge in [-0.15, -0.1) is 0 Å². The molecule has 3 rings (SSSR count). The van der Waals surface area contributed by atoms with Crippen molar-refractivity contribution in [2.75, 3.05) is 18.4 Å². The number of piperidine rings is 1. The first-order chi connectivity index (χ1) is 10.2. The number of carbonyl (C=O) groups excluding carboxylic acids is 1. The SMILES string of the molecule is O=C(c1ccco1)N1CCC(Nc2ccccc2Cl)CC1. The second-order valence-corrected chi connectivity index (χ2v) is 5.58. The topological polar surface area (TPSA) is 45.5 Å². The second kappa shape index (κ2) is 6.22. The molecule has 1 aromatic carbocycles. The molecule has 0 unspecified atom stereocenters. The monoisotopic (exact) mass is 304 g/mol. The van der Waals surface area contributed by atoms with E-state index >= 15 is 0 Å². The van der Waals surface area contributed by atoms with E-state index in [0.717, 1.165) is 36.6 Å². The van der Waals surface area contributed by atoms with Crippen LogP contribution in [0.1, 0.15) is 23.4 Å². The minimum Gasteiger partial charge on any atom is -0.459 e. The Balaban J connectivity index is 1.56. The molecule has 1 saturated heterocycles. The van der Waals surface area contributed by atoms with Crippen LogP contribution in [0.2, 0.25) is 5.02 Å². The molecule has 110 valence electrons. The number of likely N-dealkylation sites (tertiary alicyclic amines) is 1. The lowest BCUT2D eigenvalue weighted by Crippen LogP contribution is -2.42. The molecule has 0 radical (unpaired) electrons. The number of benzene rings is 1. The Kier molecular flexibility index (Phi) is 4.15. The van der Waals surface area contributed by atoms with E-state index in [1.807, 2.05) is 29.2 Å². The van der Waals surface area contributed by atoms with Gasteiger partial charge in [0, 0.05) is 19.1 Å². The summed E-state index contributed by atoms with van der Waals surface area (Å²) in [4.78, 5) is 14.0. The zero-order chi connectivity index (χ0) is 14.7. The summed E-state index contributed by atoms with van der Waals surface area (Å²) in [7, 11) is 0. The number of hydrogen-bond acceptors (Lipinski definition) is 3. The van der Waals surface area contributed by atoms with E-state index in [2.05, 4.69) is 5.32 Å². The van der Waals surface area contributed by atoms with Crippen molar-refractivity contribution >= 4 is 23.2 Å². The van der Waals surface area contributed by atoms with E-state index in [1.165, 1.54) is 6.26 Å². The Bertz CT molecular complexity index is 604. The van der Waals surface area contributed by atoms with Crippen molar-refractivity contribution in [3.63, 3.8) is 0 Å². The van der Waals surface area contributed by atoms with Gasteiger partial charge >= 0.3 is 0 Å². The first-order valence-corrected chi connectivity index (χ1v) is 7.45. The predicted octanol–water partition coefficient (Wildman–Crippen LogP) is 3.65. The van der Waals surface area contributed by atoms with Gasteiger partial charge in [0.05, 0.1) is 17.0 Å². The number of furan rings is 1. The van der Waals surface area contributed by atoms with Gasteiger partial charge in [-0.1, -0.05) is 23.7 Å². The van der Waals surface area contributed by atoms with Crippen molar-refractivity contribution in [3.05, 3.63) is 53.4 Å². The Morgan fingerprint density at radius 3 is 2.62 bits per heavy atom. The summed E-state index contributed by atoms with van der Waals surface area (Å²) in [5, 5.41) is 4.18.